The molecule has 1 unspecified atom stereocenters. The van der Waals surface area contributed by atoms with Crippen LogP contribution in [0.1, 0.15) is 6.42 Å². The van der Waals surface area contributed by atoms with Crippen LogP contribution in [-0.4, -0.2) is 31.0 Å². The summed E-state index contributed by atoms with van der Waals surface area (Å²) in [6.07, 6.45) is -1.49. The Hall–Kier alpha value is -0.640. The Morgan fingerprint density at radius 3 is 2.78 bits per heavy atom. The van der Waals surface area contributed by atoms with E-state index in [1.54, 1.807) is 0 Å². The van der Waals surface area contributed by atoms with Gasteiger partial charge < -0.3 is 9.84 Å². The van der Waals surface area contributed by atoms with E-state index in [1.165, 1.54) is 0 Å². The third kappa shape index (κ3) is 3.03. The number of carbonyl (C=O) groups is 1. The molecule has 9 heavy (non-hydrogen) atoms. The van der Waals surface area contributed by atoms with Gasteiger partial charge in [-0.3, -0.25) is 4.39 Å². The number of aliphatic hydroxyl groups is 1. The maximum absolute atomic E-state index is 11.4. The molecule has 54 valence electrons. The van der Waals surface area contributed by atoms with Crippen molar-refractivity contribution in [1.29, 1.82) is 0 Å². The lowest BCUT2D eigenvalue weighted by Gasteiger charge is -2.03. The van der Waals surface area contributed by atoms with Crippen LogP contribution in [0.2, 0.25) is 0 Å². The van der Waals surface area contributed by atoms with E-state index in [0.717, 1.165) is 7.11 Å². The number of hydrogen-bond acceptors (Lipinski definition) is 3. The number of aliphatic hydroxyl groups excluding tert-OH is 1. The fraction of sp³-hybridized carbons (Fsp3) is 0.800. The van der Waals surface area contributed by atoms with E-state index in [1.807, 2.05) is 0 Å². The van der Waals surface area contributed by atoms with Gasteiger partial charge in [-0.2, -0.15) is 0 Å². The third-order valence-electron chi connectivity index (χ3n) is 0.856. The van der Waals surface area contributed by atoms with E-state index in [2.05, 4.69) is 4.74 Å². The van der Waals surface area contributed by atoms with Gasteiger partial charge in [0.05, 0.1) is 13.8 Å². The molecule has 0 fully saturated rings. The first-order valence-electron chi connectivity index (χ1n) is 2.54. The van der Waals surface area contributed by atoms with Gasteiger partial charge in [0.25, 0.3) is 0 Å². The van der Waals surface area contributed by atoms with E-state index in [-0.39, 0.29) is 6.42 Å². The topological polar surface area (TPSA) is 46.5 Å². The van der Waals surface area contributed by atoms with E-state index < -0.39 is 18.7 Å². The van der Waals surface area contributed by atoms with Crippen LogP contribution >= 0.6 is 0 Å². The van der Waals surface area contributed by atoms with Crippen LogP contribution in [0.3, 0.4) is 0 Å². The third-order valence-corrected chi connectivity index (χ3v) is 0.856. The monoisotopic (exact) mass is 136 g/mol. The predicted octanol–water partition coefficient (Wildman–Crippen LogP) is -0.120. The second-order valence-electron chi connectivity index (χ2n) is 1.52. The number of alkyl halides is 1. The lowest BCUT2D eigenvalue weighted by atomic mass is 10.3. The summed E-state index contributed by atoms with van der Waals surface area (Å²) in [6.45, 7) is -0.712. The van der Waals surface area contributed by atoms with Crippen molar-refractivity contribution in [1.82, 2.24) is 0 Å². The normalized spacial score (nSPS) is 12.8. The first-order valence-corrected chi connectivity index (χ1v) is 2.54. The highest BCUT2D eigenvalue weighted by molar-refractivity contribution is 5.74. The SMILES string of the molecule is COC(=O)C(O)CCF. The number of rotatable bonds is 3. The largest absolute Gasteiger partial charge is 0.467 e. The Morgan fingerprint density at radius 2 is 2.44 bits per heavy atom. The zero-order valence-electron chi connectivity index (χ0n) is 5.13. The maximum Gasteiger partial charge on any atom is 0.334 e. The zero-order valence-corrected chi connectivity index (χ0v) is 5.13. The molecule has 1 atom stereocenters. The van der Waals surface area contributed by atoms with Crippen LogP contribution in [-0.2, 0) is 9.53 Å². The van der Waals surface area contributed by atoms with Gasteiger partial charge in [0.2, 0.25) is 0 Å². The standard InChI is InChI=1S/C5H9FO3/c1-9-5(8)4(7)2-3-6/h4,7H,2-3H2,1H3. The molecule has 0 aromatic carbocycles. The fourth-order valence-electron chi connectivity index (χ4n) is 0.357. The second-order valence-corrected chi connectivity index (χ2v) is 1.52. The van der Waals surface area contributed by atoms with Crippen LogP contribution < -0.4 is 0 Å². The van der Waals surface area contributed by atoms with Crippen LogP contribution in [0.5, 0.6) is 0 Å². The van der Waals surface area contributed by atoms with Crippen molar-refractivity contribution in [2.24, 2.45) is 0 Å². The van der Waals surface area contributed by atoms with Crippen molar-refractivity contribution in [3.63, 3.8) is 0 Å². The Labute approximate surface area is 52.4 Å². The van der Waals surface area contributed by atoms with Crippen LogP contribution in [0.15, 0.2) is 0 Å². The molecule has 0 amide bonds. The lowest BCUT2D eigenvalue weighted by molar-refractivity contribution is -0.150. The molecule has 1 N–H and O–H groups in total. The van der Waals surface area contributed by atoms with Gasteiger partial charge in [0.1, 0.15) is 0 Å². The average Bonchev–Trinajstić information content (AvgIpc) is 1.87. The molecular formula is C5H9FO3. The number of methoxy groups -OCH3 is 1. The summed E-state index contributed by atoms with van der Waals surface area (Å²) in [7, 11) is 1.14. The summed E-state index contributed by atoms with van der Waals surface area (Å²) >= 11 is 0. The molecule has 0 spiro atoms. The highest BCUT2D eigenvalue weighted by atomic mass is 19.1. The molecule has 0 bridgehead atoms. The Kier molecular flexibility index (Phi) is 3.96. The van der Waals surface area contributed by atoms with Gasteiger partial charge in [0.15, 0.2) is 6.10 Å². The van der Waals surface area contributed by atoms with Crippen molar-refractivity contribution >= 4 is 5.97 Å². The molecule has 0 saturated carbocycles. The van der Waals surface area contributed by atoms with Crippen molar-refractivity contribution in [2.45, 2.75) is 12.5 Å². The number of hydrogen-bond donors (Lipinski definition) is 1. The molecule has 3 nitrogen and oxygen atoms in total. The van der Waals surface area contributed by atoms with Crippen LogP contribution in [0, 0.1) is 0 Å². The minimum absolute atomic E-state index is 0.188. The minimum Gasteiger partial charge on any atom is -0.467 e. The molecule has 0 aliphatic heterocycles. The second kappa shape index (κ2) is 4.26. The smallest absolute Gasteiger partial charge is 0.334 e. The first kappa shape index (κ1) is 8.36. The highest BCUT2D eigenvalue weighted by Crippen LogP contribution is 1.93. The quantitative estimate of drug-likeness (QED) is 0.550. The summed E-state index contributed by atoms with van der Waals surface area (Å²) < 4.78 is 15.5. The van der Waals surface area contributed by atoms with Crippen LogP contribution in [0.4, 0.5) is 4.39 Å². The van der Waals surface area contributed by atoms with Gasteiger partial charge >= 0.3 is 5.97 Å². The Morgan fingerprint density at radius 1 is 1.89 bits per heavy atom. The molecular weight excluding hydrogens is 127 g/mol. The Bertz CT molecular complexity index is 94.2. The predicted molar refractivity (Wildman–Crippen MR) is 28.6 cm³/mol. The number of halogens is 1. The van der Waals surface area contributed by atoms with Crippen molar-refractivity contribution < 1.29 is 19.0 Å². The molecule has 0 aliphatic rings. The van der Waals surface area contributed by atoms with Gasteiger partial charge in [0, 0.05) is 6.42 Å². The molecule has 4 heteroatoms. The molecule has 0 aliphatic carbocycles. The van der Waals surface area contributed by atoms with E-state index >= 15 is 0 Å². The van der Waals surface area contributed by atoms with Crippen molar-refractivity contribution in [3.05, 3.63) is 0 Å². The van der Waals surface area contributed by atoms with Gasteiger partial charge in [-0.1, -0.05) is 0 Å². The minimum atomic E-state index is -1.31. The van der Waals surface area contributed by atoms with Crippen molar-refractivity contribution in [2.75, 3.05) is 13.8 Å². The van der Waals surface area contributed by atoms with Crippen molar-refractivity contribution in [3.8, 4) is 0 Å². The van der Waals surface area contributed by atoms with Gasteiger partial charge in [-0.15, -0.1) is 0 Å². The van der Waals surface area contributed by atoms with Crippen LogP contribution in [0.25, 0.3) is 0 Å². The molecule has 0 radical (unpaired) electrons. The highest BCUT2D eigenvalue weighted by Gasteiger charge is 2.13. The summed E-state index contributed by atoms with van der Waals surface area (Å²) in [5, 5.41) is 8.60. The lowest BCUT2D eigenvalue weighted by Crippen LogP contribution is -2.21. The molecule has 0 aromatic heterocycles. The molecule has 0 heterocycles. The summed E-state index contributed by atoms with van der Waals surface area (Å²) in [6, 6.07) is 0. The molecule has 0 saturated heterocycles. The summed E-state index contributed by atoms with van der Waals surface area (Å²) in [4.78, 5) is 10.3. The van der Waals surface area contributed by atoms with Gasteiger partial charge in [-0.25, -0.2) is 4.79 Å². The molecule has 0 rings (SSSR count). The van der Waals surface area contributed by atoms with Gasteiger partial charge in [-0.05, 0) is 0 Å². The summed E-state index contributed by atoms with van der Waals surface area (Å²) in [5.41, 5.74) is 0. The van der Waals surface area contributed by atoms with E-state index in [0.29, 0.717) is 0 Å². The average molecular weight is 136 g/mol. The Balaban J connectivity index is 3.45. The van der Waals surface area contributed by atoms with E-state index in [4.69, 9.17) is 5.11 Å². The number of esters is 1. The number of ether oxygens (including phenoxy) is 1. The zero-order chi connectivity index (χ0) is 7.28. The summed E-state index contributed by atoms with van der Waals surface area (Å²) in [5.74, 6) is -0.785. The van der Waals surface area contributed by atoms with E-state index in [9.17, 15) is 9.18 Å². The molecule has 0 aromatic rings. The number of carbonyl (C=O) groups excluding carboxylic acids is 1. The first-order chi connectivity index (χ1) is 4.22. The fourth-order valence-corrected chi connectivity index (χ4v) is 0.357. The maximum atomic E-state index is 11.4.